The molecule has 0 fully saturated rings. The number of rotatable bonds is 6. The minimum absolute atomic E-state index is 0.122. The third-order valence-corrected chi connectivity index (χ3v) is 1.55. The van der Waals surface area contributed by atoms with E-state index in [1.807, 2.05) is 13.8 Å². The number of nitrogens with one attached hydrogen (secondary N) is 1. The van der Waals surface area contributed by atoms with E-state index in [9.17, 15) is 8.76 Å². The Morgan fingerprint density at radius 2 is 2.33 bits per heavy atom. The summed E-state index contributed by atoms with van der Waals surface area (Å²) in [6, 6.07) is 0. The lowest BCUT2D eigenvalue weighted by atomic mass is 10.1. The van der Waals surface area contributed by atoms with Crippen molar-refractivity contribution >= 4 is 11.4 Å². The molecule has 0 aromatic heterocycles. The van der Waals surface area contributed by atoms with Crippen LogP contribution in [-0.2, 0) is 15.5 Å². The summed E-state index contributed by atoms with van der Waals surface area (Å²) in [4.78, 5) is 0. The predicted octanol–water partition coefficient (Wildman–Crippen LogP) is 0.351. The quantitative estimate of drug-likeness (QED) is 0.487. The fourth-order valence-electron chi connectivity index (χ4n) is 0.595. The van der Waals surface area contributed by atoms with Gasteiger partial charge in [-0.15, -0.1) is 6.58 Å². The molecular weight excluding hydrogens is 178 g/mol. The van der Waals surface area contributed by atoms with Crippen LogP contribution >= 0.6 is 0 Å². The summed E-state index contributed by atoms with van der Waals surface area (Å²) >= 11 is -2.43. The summed E-state index contributed by atoms with van der Waals surface area (Å²) in [7, 11) is 0. The van der Waals surface area contributed by atoms with Crippen LogP contribution in [-0.4, -0.2) is 27.5 Å². The molecule has 0 saturated carbocycles. The minimum Gasteiger partial charge on any atom is -0.750 e. The average molecular weight is 192 g/mol. The van der Waals surface area contributed by atoms with Crippen molar-refractivity contribution < 1.29 is 12.9 Å². The lowest BCUT2D eigenvalue weighted by Gasteiger charge is -2.25. The molecule has 0 radical (unpaired) electrons. The molecule has 0 aromatic carbocycles. The van der Waals surface area contributed by atoms with Gasteiger partial charge in [-0.25, -0.2) is 4.21 Å². The summed E-state index contributed by atoms with van der Waals surface area (Å²) in [6.07, 6.45) is 1.70. The van der Waals surface area contributed by atoms with Crippen LogP contribution in [0.4, 0.5) is 0 Å². The van der Waals surface area contributed by atoms with Crippen molar-refractivity contribution in [3.05, 3.63) is 12.7 Å². The first-order valence-corrected chi connectivity index (χ1v) is 4.56. The predicted molar refractivity (Wildman–Crippen MR) is 47.2 cm³/mol. The van der Waals surface area contributed by atoms with Crippen molar-refractivity contribution in [1.29, 1.82) is 0 Å². The Bertz CT molecular complexity index is 170. The van der Waals surface area contributed by atoms with Crippen LogP contribution < -0.4 is 5.32 Å². The van der Waals surface area contributed by atoms with Crippen molar-refractivity contribution in [2.45, 2.75) is 19.4 Å². The van der Waals surface area contributed by atoms with Crippen LogP contribution in [0.15, 0.2) is 12.7 Å². The molecule has 0 aliphatic carbocycles. The molecule has 1 N–H and O–H groups in total. The van der Waals surface area contributed by atoms with E-state index in [4.69, 9.17) is 0 Å². The van der Waals surface area contributed by atoms with Gasteiger partial charge in [0, 0.05) is 12.1 Å². The van der Waals surface area contributed by atoms with Gasteiger partial charge in [0.1, 0.15) is 0 Å². The maximum Gasteiger partial charge on any atom is 0.0842 e. The van der Waals surface area contributed by atoms with Crippen molar-refractivity contribution in [1.82, 2.24) is 5.32 Å². The van der Waals surface area contributed by atoms with Gasteiger partial charge in [0.15, 0.2) is 0 Å². The van der Waals surface area contributed by atoms with E-state index in [0.29, 0.717) is 6.54 Å². The Kier molecular flexibility index (Phi) is 5.32. The van der Waals surface area contributed by atoms with Gasteiger partial charge in [0.25, 0.3) is 0 Å². The van der Waals surface area contributed by atoms with Gasteiger partial charge < -0.3 is 9.87 Å². The van der Waals surface area contributed by atoms with Gasteiger partial charge in [-0.2, -0.15) is 0 Å². The Morgan fingerprint density at radius 3 is 2.75 bits per heavy atom. The summed E-state index contributed by atoms with van der Waals surface area (Å²) in [5, 5.41) is 3.05. The fraction of sp³-hybridized carbons (Fsp3) is 0.714. The number of hydrogen-bond acceptors (Lipinski definition) is 4. The Morgan fingerprint density at radius 1 is 1.75 bits per heavy atom. The summed E-state index contributed by atoms with van der Waals surface area (Å²) in [5.74, 6) is 0. The van der Waals surface area contributed by atoms with Crippen LogP contribution in [0.3, 0.4) is 0 Å². The Balaban J connectivity index is 3.69. The first-order valence-electron chi connectivity index (χ1n) is 3.56. The van der Waals surface area contributed by atoms with Crippen molar-refractivity contribution in [2.75, 3.05) is 13.2 Å². The second-order valence-corrected chi connectivity index (χ2v) is 3.66. The van der Waals surface area contributed by atoms with Gasteiger partial charge in [0.05, 0.1) is 18.0 Å². The molecule has 0 aliphatic rings. The SMILES string of the molecule is C=CCNC(C)(C)COS(=O)[O-]. The van der Waals surface area contributed by atoms with Gasteiger partial charge >= 0.3 is 0 Å². The molecule has 0 spiro atoms. The van der Waals surface area contributed by atoms with Crippen LogP contribution in [0.2, 0.25) is 0 Å². The van der Waals surface area contributed by atoms with Crippen LogP contribution in [0, 0.1) is 0 Å². The van der Waals surface area contributed by atoms with Crippen LogP contribution in [0.1, 0.15) is 13.8 Å². The first kappa shape index (κ1) is 11.8. The topological polar surface area (TPSA) is 61.4 Å². The van der Waals surface area contributed by atoms with Crippen molar-refractivity contribution in [2.24, 2.45) is 0 Å². The van der Waals surface area contributed by atoms with Gasteiger partial charge in [0.2, 0.25) is 0 Å². The molecule has 1 unspecified atom stereocenters. The Labute approximate surface area is 75.5 Å². The molecule has 0 aliphatic heterocycles. The van der Waals surface area contributed by atoms with E-state index < -0.39 is 11.4 Å². The Hall–Kier alpha value is -0.230. The van der Waals surface area contributed by atoms with E-state index in [2.05, 4.69) is 16.1 Å². The maximum absolute atomic E-state index is 10.0. The van der Waals surface area contributed by atoms with E-state index in [-0.39, 0.29) is 12.1 Å². The molecule has 0 aromatic rings. The zero-order valence-corrected chi connectivity index (χ0v) is 8.15. The highest BCUT2D eigenvalue weighted by Crippen LogP contribution is 2.02. The highest BCUT2D eigenvalue weighted by Gasteiger charge is 2.16. The largest absolute Gasteiger partial charge is 0.750 e. The monoisotopic (exact) mass is 192 g/mol. The van der Waals surface area contributed by atoms with Crippen molar-refractivity contribution in [3.63, 3.8) is 0 Å². The molecule has 5 heteroatoms. The van der Waals surface area contributed by atoms with Crippen LogP contribution in [0.25, 0.3) is 0 Å². The van der Waals surface area contributed by atoms with Gasteiger partial charge in [-0.05, 0) is 13.8 Å². The van der Waals surface area contributed by atoms with E-state index >= 15 is 0 Å². The molecular formula is C7H14NO3S-. The molecule has 1 atom stereocenters. The van der Waals surface area contributed by atoms with Crippen LogP contribution in [0.5, 0.6) is 0 Å². The molecule has 0 heterocycles. The van der Waals surface area contributed by atoms with E-state index in [1.165, 1.54) is 0 Å². The second-order valence-electron chi connectivity index (χ2n) is 3.02. The third-order valence-electron chi connectivity index (χ3n) is 1.24. The zero-order chi connectivity index (χ0) is 9.61. The maximum atomic E-state index is 10.0. The molecule has 0 saturated heterocycles. The fourth-order valence-corrected chi connectivity index (χ4v) is 0.986. The molecule has 4 nitrogen and oxygen atoms in total. The van der Waals surface area contributed by atoms with Crippen molar-refractivity contribution in [3.8, 4) is 0 Å². The first-order chi connectivity index (χ1) is 5.48. The lowest BCUT2D eigenvalue weighted by molar-refractivity contribution is 0.211. The average Bonchev–Trinajstić information content (AvgIpc) is 1.98. The summed E-state index contributed by atoms with van der Waals surface area (Å²) in [5.41, 5.74) is -0.353. The highest BCUT2D eigenvalue weighted by atomic mass is 32.2. The zero-order valence-electron chi connectivity index (χ0n) is 7.33. The molecule has 12 heavy (non-hydrogen) atoms. The third kappa shape index (κ3) is 6.48. The van der Waals surface area contributed by atoms with Gasteiger partial charge in [-0.1, -0.05) is 6.08 Å². The summed E-state index contributed by atoms with van der Waals surface area (Å²) < 4.78 is 24.5. The van der Waals surface area contributed by atoms with E-state index in [0.717, 1.165) is 0 Å². The van der Waals surface area contributed by atoms with E-state index in [1.54, 1.807) is 6.08 Å². The second kappa shape index (κ2) is 5.42. The molecule has 72 valence electrons. The molecule has 0 bridgehead atoms. The lowest BCUT2D eigenvalue weighted by Crippen LogP contribution is -2.43. The standard InChI is InChI=1S/C7H15NO3S/c1-4-5-8-7(2,3)6-11-12(9)10/h4,8H,1,5-6H2,2-3H3,(H,9,10)/p-1. The van der Waals surface area contributed by atoms with Gasteiger partial charge in [-0.3, -0.25) is 4.18 Å². The molecule has 0 amide bonds. The normalized spacial score (nSPS) is 14.2. The smallest absolute Gasteiger partial charge is 0.0842 e. The highest BCUT2D eigenvalue weighted by molar-refractivity contribution is 7.74. The number of hydrogen-bond donors (Lipinski definition) is 1. The summed E-state index contributed by atoms with van der Waals surface area (Å²) in [6.45, 7) is 7.98. The minimum atomic E-state index is -2.43. The molecule has 0 rings (SSSR count).